The molecule has 1 radical (unpaired) electrons. The smallest absolute Gasteiger partial charge is 0.220 e. The second-order valence-electron chi connectivity index (χ2n) is 9.95. The molecule has 1 aliphatic heterocycles. The monoisotopic (exact) mass is 581 g/mol. The van der Waals surface area contributed by atoms with E-state index in [1.807, 2.05) is 78.9 Å². The van der Waals surface area contributed by atoms with E-state index in [0.717, 1.165) is 50.8 Å². The van der Waals surface area contributed by atoms with Gasteiger partial charge in [0.1, 0.15) is 0 Å². The molecule has 205 valence electrons. The molecule has 1 fully saturated rings. The standard InChI is InChI=1S/C33H27Cl2N4O2/c1-41-33-21(18-36-19-22-14-17-30(40)37-22)13-16-29(39-33)26-10-5-8-24(32(26)35)23-7-4-9-25(31(23)34)28-15-12-20-6-2-3-11-27(20)38-28/h3-13,15-16,22,36H,14,17-19H2,1H3,(H,37,40)/t22-/m0/s1. The van der Waals surface area contributed by atoms with E-state index in [-0.39, 0.29) is 11.9 Å². The van der Waals surface area contributed by atoms with Crippen molar-refractivity contribution in [3.63, 3.8) is 0 Å². The van der Waals surface area contributed by atoms with E-state index in [1.54, 1.807) is 7.11 Å². The van der Waals surface area contributed by atoms with Crippen molar-refractivity contribution in [2.45, 2.75) is 25.4 Å². The number of rotatable bonds is 8. The Morgan fingerprint density at radius 2 is 1.61 bits per heavy atom. The first-order chi connectivity index (χ1) is 20.0. The van der Waals surface area contributed by atoms with Gasteiger partial charge in [-0.2, -0.15) is 0 Å². The van der Waals surface area contributed by atoms with Gasteiger partial charge in [-0.25, -0.2) is 9.97 Å². The topological polar surface area (TPSA) is 76.1 Å². The average molecular weight is 583 g/mol. The molecule has 0 aliphatic carbocycles. The summed E-state index contributed by atoms with van der Waals surface area (Å²) in [7, 11) is 1.61. The number of fused-ring (bicyclic) bond motifs is 1. The number of nitrogens with zero attached hydrogens (tertiary/aromatic N) is 2. The lowest BCUT2D eigenvalue weighted by Gasteiger charge is -2.15. The number of aromatic nitrogens is 2. The minimum absolute atomic E-state index is 0.108. The van der Waals surface area contributed by atoms with Crippen molar-refractivity contribution < 1.29 is 9.53 Å². The predicted octanol–water partition coefficient (Wildman–Crippen LogP) is 7.11. The number of carbonyl (C=O) groups is 1. The number of ether oxygens (including phenoxy) is 1. The molecule has 0 spiro atoms. The average Bonchev–Trinajstić information content (AvgIpc) is 3.42. The molecule has 6 nitrogen and oxygen atoms in total. The van der Waals surface area contributed by atoms with Crippen LogP contribution in [0.4, 0.5) is 0 Å². The first kappa shape index (κ1) is 27.2. The zero-order valence-electron chi connectivity index (χ0n) is 22.4. The minimum atomic E-state index is 0.108. The van der Waals surface area contributed by atoms with Gasteiger partial charge >= 0.3 is 0 Å². The molecule has 5 aromatic rings. The van der Waals surface area contributed by atoms with Crippen molar-refractivity contribution in [3.8, 4) is 39.5 Å². The Morgan fingerprint density at radius 1 is 0.927 bits per heavy atom. The third-order valence-electron chi connectivity index (χ3n) is 7.30. The number of methoxy groups -OCH3 is 1. The lowest BCUT2D eigenvalue weighted by atomic mass is 9.98. The van der Waals surface area contributed by atoms with Crippen molar-refractivity contribution in [2.75, 3.05) is 13.7 Å². The van der Waals surface area contributed by atoms with Gasteiger partial charge in [-0.15, -0.1) is 0 Å². The molecule has 8 heteroatoms. The quantitative estimate of drug-likeness (QED) is 0.204. The lowest BCUT2D eigenvalue weighted by molar-refractivity contribution is -0.119. The SMILES string of the molecule is COc1nc(-c2cccc(-c3cccc(-c4ccc5c[c]ccc5n4)c3Cl)c2Cl)ccc1CNC[C@@H]1CCC(=O)N1. The number of amides is 1. The minimum Gasteiger partial charge on any atom is -0.481 e. The van der Waals surface area contributed by atoms with Crippen LogP contribution in [-0.2, 0) is 11.3 Å². The lowest BCUT2D eigenvalue weighted by Crippen LogP contribution is -2.35. The molecular weight excluding hydrogens is 555 g/mol. The van der Waals surface area contributed by atoms with Crippen LogP contribution in [0.2, 0.25) is 10.0 Å². The molecule has 1 atom stereocenters. The highest BCUT2D eigenvalue weighted by atomic mass is 35.5. The first-order valence-electron chi connectivity index (χ1n) is 13.4. The molecule has 2 aromatic heterocycles. The summed E-state index contributed by atoms with van der Waals surface area (Å²) in [4.78, 5) is 21.0. The van der Waals surface area contributed by atoms with Crippen LogP contribution in [0.3, 0.4) is 0 Å². The number of benzene rings is 3. The summed E-state index contributed by atoms with van der Waals surface area (Å²) in [6, 6.07) is 28.6. The summed E-state index contributed by atoms with van der Waals surface area (Å²) >= 11 is 14.0. The first-order valence-corrected chi connectivity index (χ1v) is 14.2. The fourth-order valence-corrected chi connectivity index (χ4v) is 5.82. The molecule has 0 bridgehead atoms. The highest BCUT2D eigenvalue weighted by Crippen LogP contribution is 2.42. The highest BCUT2D eigenvalue weighted by molar-refractivity contribution is 6.39. The predicted molar refractivity (Wildman–Crippen MR) is 164 cm³/mol. The maximum absolute atomic E-state index is 11.5. The van der Waals surface area contributed by atoms with E-state index in [1.165, 1.54) is 0 Å². The van der Waals surface area contributed by atoms with E-state index >= 15 is 0 Å². The van der Waals surface area contributed by atoms with Crippen LogP contribution >= 0.6 is 23.2 Å². The molecule has 1 aliphatic rings. The van der Waals surface area contributed by atoms with Crippen LogP contribution < -0.4 is 15.4 Å². The van der Waals surface area contributed by atoms with Gasteiger partial charge in [0.05, 0.1) is 34.1 Å². The van der Waals surface area contributed by atoms with Crippen molar-refractivity contribution in [1.82, 2.24) is 20.6 Å². The molecular formula is C33H27Cl2N4O2. The van der Waals surface area contributed by atoms with E-state index in [4.69, 9.17) is 37.9 Å². The summed E-state index contributed by atoms with van der Waals surface area (Å²) in [5, 5.41) is 8.51. The van der Waals surface area contributed by atoms with Gasteiger partial charge in [-0.1, -0.05) is 77.8 Å². The zero-order valence-corrected chi connectivity index (χ0v) is 23.9. The van der Waals surface area contributed by atoms with Crippen LogP contribution in [0.25, 0.3) is 44.5 Å². The van der Waals surface area contributed by atoms with Crippen molar-refractivity contribution in [3.05, 3.63) is 101 Å². The van der Waals surface area contributed by atoms with Crippen LogP contribution in [0.1, 0.15) is 18.4 Å². The van der Waals surface area contributed by atoms with Gasteiger partial charge in [0.15, 0.2) is 0 Å². The Kier molecular flexibility index (Phi) is 7.88. The van der Waals surface area contributed by atoms with Gasteiger partial charge in [0, 0.05) is 58.8 Å². The molecule has 6 rings (SSSR count). The van der Waals surface area contributed by atoms with Gasteiger partial charge in [0.2, 0.25) is 11.8 Å². The molecule has 3 aromatic carbocycles. The van der Waals surface area contributed by atoms with Gasteiger partial charge < -0.3 is 15.4 Å². The molecule has 41 heavy (non-hydrogen) atoms. The van der Waals surface area contributed by atoms with Crippen LogP contribution in [0.15, 0.2) is 78.9 Å². The molecule has 1 amide bonds. The normalized spacial score (nSPS) is 14.8. The molecule has 3 heterocycles. The number of pyridine rings is 2. The number of nitrogens with one attached hydrogen (secondary N) is 2. The van der Waals surface area contributed by atoms with Gasteiger partial charge in [-0.3, -0.25) is 4.79 Å². The van der Waals surface area contributed by atoms with Gasteiger partial charge in [-0.05, 0) is 36.8 Å². The highest BCUT2D eigenvalue weighted by Gasteiger charge is 2.21. The molecule has 2 N–H and O–H groups in total. The van der Waals surface area contributed by atoms with E-state index in [2.05, 4.69) is 16.7 Å². The molecule has 0 saturated carbocycles. The second-order valence-corrected chi connectivity index (χ2v) is 10.7. The van der Waals surface area contributed by atoms with Crippen molar-refractivity contribution in [1.29, 1.82) is 0 Å². The third kappa shape index (κ3) is 5.64. The fraction of sp³-hybridized carbons (Fsp3) is 0.182. The Balaban J connectivity index is 1.29. The van der Waals surface area contributed by atoms with Gasteiger partial charge in [0.25, 0.3) is 0 Å². The number of carbonyl (C=O) groups excluding carboxylic acids is 1. The summed E-state index contributed by atoms with van der Waals surface area (Å²) < 4.78 is 5.62. The summed E-state index contributed by atoms with van der Waals surface area (Å²) in [6.07, 6.45) is 1.43. The summed E-state index contributed by atoms with van der Waals surface area (Å²) in [6.45, 7) is 1.26. The van der Waals surface area contributed by atoms with E-state index < -0.39 is 0 Å². The van der Waals surface area contributed by atoms with Crippen LogP contribution in [0, 0.1) is 6.07 Å². The number of halogens is 2. The Hall–Kier alpha value is -3.97. The number of hydrogen-bond acceptors (Lipinski definition) is 5. The van der Waals surface area contributed by atoms with Crippen molar-refractivity contribution in [2.24, 2.45) is 0 Å². The second kappa shape index (κ2) is 11.9. The third-order valence-corrected chi connectivity index (χ3v) is 8.11. The maximum Gasteiger partial charge on any atom is 0.220 e. The van der Waals surface area contributed by atoms with Crippen LogP contribution in [-0.4, -0.2) is 35.6 Å². The van der Waals surface area contributed by atoms with Crippen molar-refractivity contribution >= 4 is 40.0 Å². The Labute approximate surface area is 248 Å². The van der Waals surface area contributed by atoms with E-state index in [0.29, 0.717) is 41.1 Å². The Morgan fingerprint density at radius 3 is 2.29 bits per heavy atom. The van der Waals surface area contributed by atoms with E-state index in [9.17, 15) is 4.79 Å². The Bertz CT molecular complexity index is 1760. The molecule has 1 saturated heterocycles. The largest absolute Gasteiger partial charge is 0.481 e. The summed E-state index contributed by atoms with van der Waals surface area (Å²) in [5.41, 5.74) is 6.50. The maximum atomic E-state index is 11.5. The fourth-order valence-electron chi connectivity index (χ4n) is 5.17. The number of hydrogen-bond donors (Lipinski definition) is 2. The molecule has 0 unspecified atom stereocenters. The van der Waals surface area contributed by atoms with Crippen LogP contribution in [0.5, 0.6) is 5.88 Å². The zero-order chi connectivity index (χ0) is 28.3. The summed E-state index contributed by atoms with van der Waals surface area (Å²) in [5.74, 6) is 0.628.